The first-order valence-electron chi connectivity index (χ1n) is 9.34. The molecule has 1 saturated heterocycles. The van der Waals surface area contributed by atoms with Crippen molar-refractivity contribution >= 4 is 40.9 Å². The largest absolute Gasteiger partial charge is 0.353 e. The molecule has 0 bridgehead atoms. The van der Waals surface area contributed by atoms with E-state index >= 15 is 0 Å². The van der Waals surface area contributed by atoms with Gasteiger partial charge in [0, 0.05) is 30.8 Å². The van der Waals surface area contributed by atoms with Gasteiger partial charge in [-0.05, 0) is 43.2 Å². The third-order valence-corrected chi connectivity index (χ3v) is 5.47. The molecule has 6 nitrogen and oxygen atoms in total. The van der Waals surface area contributed by atoms with Gasteiger partial charge >= 0.3 is 0 Å². The Bertz CT molecular complexity index is 905. The molecule has 2 N–H and O–H groups in total. The van der Waals surface area contributed by atoms with Crippen molar-refractivity contribution in [3.8, 4) is 0 Å². The molecule has 0 spiro atoms. The minimum Gasteiger partial charge on any atom is -0.353 e. The molecule has 1 aliphatic heterocycles. The molecule has 1 fully saturated rings. The van der Waals surface area contributed by atoms with Crippen molar-refractivity contribution in [2.75, 3.05) is 19.6 Å². The number of amides is 3. The SMILES string of the molecule is O=C(NCCNC(=O)[C@H]1CCCN1C(=O)c1ccc(Cl)c(Cl)c1)c1ccccc1. The average molecular weight is 434 g/mol. The molecule has 0 saturated carbocycles. The number of carbonyl (C=O) groups excluding carboxylic acids is 3. The van der Waals surface area contributed by atoms with Crippen LogP contribution in [-0.4, -0.2) is 48.3 Å². The van der Waals surface area contributed by atoms with E-state index in [9.17, 15) is 14.4 Å². The number of hydrogen-bond donors (Lipinski definition) is 2. The quantitative estimate of drug-likeness (QED) is 0.686. The Morgan fingerprint density at radius 3 is 2.38 bits per heavy atom. The van der Waals surface area contributed by atoms with E-state index in [1.54, 1.807) is 41.3 Å². The first-order valence-corrected chi connectivity index (χ1v) is 10.1. The van der Waals surface area contributed by atoms with Crippen molar-refractivity contribution in [1.29, 1.82) is 0 Å². The third kappa shape index (κ3) is 5.28. The molecule has 2 aromatic rings. The van der Waals surface area contributed by atoms with Crippen molar-refractivity contribution in [1.82, 2.24) is 15.5 Å². The summed E-state index contributed by atoms with van der Waals surface area (Å²) in [6.07, 6.45) is 1.34. The number of benzene rings is 2. The van der Waals surface area contributed by atoms with E-state index in [2.05, 4.69) is 10.6 Å². The van der Waals surface area contributed by atoms with Crippen LogP contribution in [0.3, 0.4) is 0 Å². The molecule has 0 unspecified atom stereocenters. The minimum atomic E-state index is -0.540. The van der Waals surface area contributed by atoms with Gasteiger partial charge in [-0.1, -0.05) is 41.4 Å². The summed E-state index contributed by atoms with van der Waals surface area (Å²) in [4.78, 5) is 38.9. The Morgan fingerprint density at radius 1 is 0.931 bits per heavy atom. The fraction of sp³-hybridized carbons (Fsp3) is 0.286. The first-order chi connectivity index (χ1) is 14.0. The van der Waals surface area contributed by atoms with Crippen molar-refractivity contribution in [3.63, 3.8) is 0 Å². The lowest BCUT2D eigenvalue weighted by molar-refractivity contribution is -0.124. The van der Waals surface area contributed by atoms with E-state index < -0.39 is 6.04 Å². The Labute approximate surface area is 179 Å². The zero-order valence-electron chi connectivity index (χ0n) is 15.7. The summed E-state index contributed by atoms with van der Waals surface area (Å²) in [5.74, 6) is -0.680. The van der Waals surface area contributed by atoms with E-state index in [-0.39, 0.29) is 24.3 Å². The molecule has 0 radical (unpaired) electrons. The number of nitrogens with zero attached hydrogens (tertiary/aromatic N) is 1. The van der Waals surface area contributed by atoms with Crippen LogP contribution in [0.1, 0.15) is 33.6 Å². The molecule has 152 valence electrons. The number of carbonyl (C=O) groups is 3. The summed E-state index contributed by atoms with van der Waals surface area (Å²) in [5.41, 5.74) is 0.960. The second-order valence-electron chi connectivity index (χ2n) is 6.70. The van der Waals surface area contributed by atoms with Gasteiger partial charge in [-0.2, -0.15) is 0 Å². The number of likely N-dealkylation sites (tertiary alicyclic amines) is 1. The van der Waals surface area contributed by atoms with E-state index in [1.807, 2.05) is 6.07 Å². The van der Waals surface area contributed by atoms with Gasteiger partial charge in [0.25, 0.3) is 11.8 Å². The van der Waals surface area contributed by atoms with Crippen LogP contribution < -0.4 is 10.6 Å². The maximum atomic E-state index is 12.8. The van der Waals surface area contributed by atoms with Gasteiger partial charge in [0.2, 0.25) is 5.91 Å². The molecular weight excluding hydrogens is 413 g/mol. The third-order valence-electron chi connectivity index (χ3n) is 4.73. The number of hydrogen-bond acceptors (Lipinski definition) is 3. The summed E-state index contributed by atoms with van der Waals surface area (Å²) in [5, 5.41) is 6.22. The van der Waals surface area contributed by atoms with Gasteiger partial charge in [0.15, 0.2) is 0 Å². The number of rotatable bonds is 6. The molecule has 0 aliphatic carbocycles. The molecule has 1 heterocycles. The predicted molar refractivity (Wildman–Crippen MR) is 112 cm³/mol. The molecule has 3 rings (SSSR count). The first kappa shape index (κ1) is 21.1. The van der Waals surface area contributed by atoms with Gasteiger partial charge in [-0.15, -0.1) is 0 Å². The van der Waals surface area contributed by atoms with Crippen LogP contribution in [0, 0.1) is 0 Å². The summed E-state index contributed by atoms with van der Waals surface area (Å²) in [6.45, 7) is 1.08. The van der Waals surface area contributed by atoms with Crippen molar-refractivity contribution in [3.05, 3.63) is 69.7 Å². The van der Waals surface area contributed by atoms with Crippen LogP contribution in [0.2, 0.25) is 10.0 Å². The van der Waals surface area contributed by atoms with Gasteiger partial charge in [-0.3, -0.25) is 14.4 Å². The fourth-order valence-corrected chi connectivity index (χ4v) is 3.55. The fourth-order valence-electron chi connectivity index (χ4n) is 3.25. The highest BCUT2D eigenvalue weighted by Gasteiger charge is 2.34. The highest BCUT2D eigenvalue weighted by molar-refractivity contribution is 6.42. The second kappa shape index (κ2) is 9.76. The molecular formula is C21H21Cl2N3O3. The lowest BCUT2D eigenvalue weighted by atomic mass is 10.1. The second-order valence-corrected chi connectivity index (χ2v) is 7.51. The Kier molecular flexibility index (Phi) is 7.12. The van der Waals surface area contributed by atoms with Crippen LogP contribution in [0.15, 0.2) is 48.5 Å². The lowest BCUT2D eigenvalue weighted by Crippen LogP contribution is -2.47. The maximum Gasteiger partial charge on any atom is 0.254 e. The highest BCUT2D eigenvalue weighted by atomic mass is 35.5. The predicted octanol–water partition coefficient (Wildman–Crippen LogP) is 3.14. The van der Waals surface area contributed by atoms with Crippen LogP contribution >= 0.6 is 23.2 Å². The maximum absolute atomic E-state index is 12.8. The van der Waals surface area contributed by atoms with Crippen LogP contribution in [0.5, 0.6) is 0 Å². The van der Waals surface area contributed by atoms with Crippen LogP contribution in [-0.2, 0) is 4.79 Å². The molecule has 8 heteroatoms. The summed E-state index contributed by atoms with van der Waals surface area (Å²) in [6, 6.07) is 13.0. The van der Waals surface area contributed by atoms with Gasteiger partial charge < -0.3 is 15.5 Å². The molecule has 0 aromatic heterocycles. The van der Waals surface area contributed by atoms with Crippen LogP contribution in [0.4, 0.5) is 0 Å². The van der Waals surface area contributed by atoms with Crippen molar-refractivity contribution in [2.45, 2.75) is 18.9 Å². The van der Waals surface area contributed by atoms with E-state index in [1.165, 1.54) is 6.07 Å². The topological polar surface area (TPSA) is 78.5 Å². The molecule has 2 aromatic carbocycles. The summed E-state index contributed by atoms with van der Waals surface area (Å²) in [7, 11) is 0. The zero-order chi connectivity index (χ0) is 20.8. The molecule has 1 atom stereocenters. The summed E-state index contributed by atoms with van der Waals surface area (Å²) >= 11 is 11.9. The number of nitrogens with one attached hydrogen (secondary N) is 2. The zero-order valence-corrected chi connectivity index (χ0v) is 17.2. The van der Waals surface area contributed by atoms with E-state index in [0.29, 0.717) is 40.7 Å². The van der Waals surface area contributed by atoms with E-state index in [4.69, 9.17) is 23.2 Å². The molecule has 29 heavy (non-hydrogen) atoms. The normalized spacial score (nSPS) is 15.8. The summed E-state index contributed by atoms with van der Waals surface area (Å²) < 4.78 is 0. The monoisotopic (exact) mass is 433 g/mol. The highest BCUT2D eigenvalue weighted by Crippen LogP contribution is 2.25. The molecule has 1 aliphatic rings. The lowest BCUT2D eigenvalue weighted by Gasteiger charge is -2.24. The van der Waals surface area contributed by atoms with Gasteiger partial charge in [-0.25, -0.2) is 0 Å². The smallest absolute Gasteiger partial charge is 0.254 e. The van der Waals surface area contributed by atoms with Gasteiger partial charge in [0.05, 0.1) is 10.0 Å². The minimum absolute atomic E-state index is 0.197. The Hall–Kier alpha value is -2.57. The van der Waals surface area contributed by atoms with Crippen LogP contribution in [0.25, 0.3) is 0 Å². The Balaban J connectivity index is 1.51. The van der Waals surface area contributed by atoms with E-state index in [0.717, 1.165) is 6.42 Å². The Morgan fingerprint density at radius 2 is 1.66 bits per heavy atom. The van der Waals surface area contributed by atoms with Crippen molar-refractivity contribution in [2.24, 2.45) is 0 Å². The standard InChI is InChI=1S/C21H21Cl2N3O3/c22-16-9-8-15(13-17(16)23)21(29)26-12-4-7-18(26)20(28)25-11-10-24-19(27)14-5-2-1-3-6-14/h1-3,5-6,8-9,13,18H,4,7,10-12H2,(H,24,27)(H,25,28)/t18-/m1/s1. The average Bonchev–Trinajstić information content (AvgIpc) is 3.23. The number of halogens is 2. The van der Waals surface area contributed by atoms with Gasteiger partial charge in [0.1, 0.15) is 6.04 Å². The molecule has 3 amide bonds. The van der Waals surface area contributed by atoms with Crippen molar-refractivity contribution < 1.29 is 14.4 Å².